The van der Waals surface area contributed by atoms with Crippen LogP contribution in [0.1, 0.15) is 311 Å². The summed E-state index contributed by atoms with van der Waals surface area (Å²) in [5.41, 5.74) is 0. The summed E-state index contributed by atoms with van der Waals surface area (Å²) in [4.78, 5) is 72.0. The van der Waals surface area contributed by atoms with E-state index in [9.17, 15) is 43.2 Å². The zero-order chi connectivity index (χ0) is 60.8. The van der Waals surface area contributed by atoms with Crippen molar-refractivity contribution >= 4 is 39.5 Å². The summed E-state index contributed by atoms with van der Waals surface area (Å²) in [7, 11) is -9.88. The Morgan fingerprint density at radius 2 is 0.561 bits per heavy atom. The second-order valence-corrected chi connectivity index (χ2v) is 26.7. The SMILES string of the molecule is CCCCCCCCCCCCCCCCCC(=O)O[C@H](COC(=O)CCCCCCCCCCC(C)C)COP(=O)(O)OC[C@@H](O)COP(=O)(O)OC[C@@H](COC(=O)CCCCCCCCC)OC(=O)CCCCCCCCC(C)C. The molecule has 0 aromatic carbocycles. The van der Waals surface area contributed by atoms with Crippen LogP contribution in [0, 0.1) is 11.8 Å². The Bertz CT molecular complexity index is 1620. The number of esters is 4. The first-order valence-electron chi connectivity index (χ1n) is 33.0. The lowest BCUT2D eigenvalue weighted by Gasteiger charge is -2.21. The van der Waals surface area contributed by atoms with Gasteiger partial charge < -0.3 is 33.8 Å². The highest BCUT2D eigenvalue weighted by atomic mass is 31.2. The fourth-order valence-electron chi connectivity index (χ4n) is 9.35. The van der Waals surface area contributed by atoms with Gasteiger partial charge in [0.2, 0.25) is 0 Å². The van der Waals surface area contributed by atoms with Gasteiger partial charge in [0, 0.05) is 25.7 Å². The average Bonchev–Trinajstić information content (AvgIpc) is 3.45. The summed E-state index contributed by atoms with van der Waals surface area (Å²) in [5.74, 6) is -0.747. The van der Waals surface area contributed by atoms with Gasteiger partial charge in [-0.05, 0) is 37.5 Å². The predicted molar refractivity (Wildman–Crippen MR) is 326 cm³/mol. The molecule has 0 heterocycles. The molecule has 0 spiro atoms. The van der Waals surface area contributed by atoms with Crippen molar-refractivity contribution < 1.29 is 80.2 Å². The van der Waals surface area contributed by atoms with Crippen molar-refractivity contribution in [3.63, 3.8) is 0 Å². The average molecular weight is 1210 g/mol. The minimum absolute atomic E-state index is 0.102. The number of ether oxygens (including phenoxy) is 4. The molecular formula is C63H122O17P2. The molecule has 0 saturated heterocycles. The minimum atomic E-state index is -4.94. The van der Waals surface area contributed by atoms with E-state index in [4.69, 9.17) is 37.0 Å². The van der Waals surface area contributed by atoms with Gasteiger partial charge in [-0.1, -0.05) is 260 Å². The molecule has 2 unspecified atom stereocenters. The zero-order valence-corrected chi connectivity index (χ0v) is 54.6. The van der Waals surface area contributed by atoms with Crippen LogP contribution in [0.4, 0.5) is 0 Å². The summed E-state index contributed by atoms with van der Waals surface area (Å²) in [5, 5.41) is 10.5. The van der Waals surface area contributed by atoms with Crippen LogP contribution < -0.4 is 0 Å². The number of phosphoric acid groups is 2. The van der Waals surface area contributed by atoms with E-state index in [0.29, 0.717) is 31.6 Å². The van der Waals surface area contributed by atoms with Crippen LogP contribution in [-0.4, -0.2) is 96.7 Å². The summed E-state index contributed by atoms with van der Waals surface area (Å²) < 4.78 is 67.8. The number of unbranched alkanes of at least 4 members (excludes halogenated alkanes) is 32. The maximum atomic E-state index is 13.0. The van der Waals surface area contributed by atoms with E-state index >= 15 is 0 Å². The number of aliphatic hydroxyl groups is 1. The van der Waals surface area contributed by atoms with Crippen LogP contribution in [0.15, 0.2) is 0 Å². The number of carbonyl (C=O) groups excluding carboxylic acids is 4. The maximum Gasteiger partial charge on any atom is 0.472 e. The van der Waals surface area contributed by atoms with E-state index in [-0.39, 0.29) is 25.7 Å². The minimum Gasteiger partial charge on any atom is -0.462 e. The largest absolute Gasteiger partial charge is 0.472 e. The highest BCUT2D eigenvalue weighted by Crippen LogP contribution is 2.45. The van der Waals surface area contributed by atoms with Crippen molar-refractivity contribution in [1.29, 1.82) is 0 Å². The number of hydrogen-bond donors (Lipinski definition) is 3. The fraction of sp³-hybridized carbons (Fsp3) is 0.937. The molecule has 0 aliphatic rings. The lowest BCUT2D eigenvalue weighted by atomic mass is 10.0. The molecule has 0 amide bonds. The zero-order valence-electron chi connectivity index (χ0n) is 52.8. The Hall–Kier alpha value is -1.94. The van der Waals surface area contributed by atoms with Gasteiger partial charge in [0.15, 0.2) is 12.2 Å². The molecule has 19 heteroatoms. The molecule has 17 nitrogen and oxygen atoms in total. The van der Waals surface area contributed by atoms with E-state index in [1.807, 2.05) is 0 Å². The van der Waals surface area contributed by atoms with Crippen LogP contribution in [0.25, 0.3) is 0 Å². The molecule has 0 aromatic rings. The van der Waals surface area contributed by atoms with Crippen molar-refractivity contribution in [3.05, 3.63) is 0 Å². The highest BCUT2D eigenvalue weighted by molar-refractivity contribution is 7.47. The molecular weight excluding hydrogens is 1090 g/mol. The standard InChI is InChI=1S/C63H122O17P2/c1-7-9-11-13-15-16-17-18-19-20-21-22-28-35-41-47-62(67)79-58(52-74-61(66)46-40-34-27-24-23-26-31-37-43-55(3)4)53-77-81(69,70)75-49-57(64)50-76-82(71,72)78-54-59(51-73-60(65)45-39-33-25-14-12-10-8-2)80-63(68)48-42-36-30-29-32-38-44-56(5)6/h55-59,64H,7-54H2,1-6H3,(H,69,70)(H,71,72)/t57-,58-,59-/m1/s1. The van der Waals surface area contributed by atoms with Crippen molar-refractivity contribution in [2.24, 2.45) is 11.8 Å². The molecule has 0 rings (SSSR count). The van der Waals surface area contributed by atoms with Gasteiger partial charge in [0.05, 0.1) is 26.4 Å². The second kappa shape index (κ2) is 55.6. The van der Waals surface area contributed by atoms with Gasteiger partial charge in [-0.25, -0.2) is 9.13 Å². The molecule has 486 valence electrons. The molecule has 5 atom stereocenters. The normalized spacial score (nSPS) is 14.3. The number of rotatable bonds is 62. The lowest BCUT2D eigenvalue weighted by molar-refractivity contribution is -0.161. The molecule has 0 bridgehead atoms. The Labute approximate surface area is 498 Å². The Morgan fingerprint density at radius 1 is 0.329 bits per heavy atom. The summed E-state index contributed by atoms with van der Waals surface area (Å²) in [6.07, 6.45) is 37.9. The van der Waals surface area contributed by atoms with Crippen LogP contribution in [0.2, 0.25) is 0 Å². The van der Waals surface area contributed by atoms with Gasteiger partial charge in [0.25, 0.3) is 0 Å². The van der Waals surface area contributed by atoms with Crippen LogP contribution in [-0.2, 0) is 65.4 Å². The van der Waals surface area contributed by atoms with Gasteiger partial charge in [-0.2, -0.15) is 0 Å². The Morgan fingerprint density at radius 3 is 0.829 bits per heavy atom. The topological polar surface area (TPSA) is 237 Å². The molecule has 0 aromatic heterocycles. The van der Waals surface area contributed by atoms with Crippen molar-refractivity contribution in [2.45, 2.75) is 330 Å². The first-order chi connectivity index (χ1) is 39.4. The monoisotopic (exact) mass is 1210 g/mol. The van der Waals surface area contributed by atoms with Gasteiger partial charge in [-0.15, -0.1) is 0 Å². The first-order valence-corrected chi connectivity index (χ1v) is 36.0. The third-order valence-corrected chi connectivity index (χ3v) is 16.4. The smallest absolute Gasteiger partial charge is 0.462 e. The number of aliphatic hydroxyl groups excluding tert-OH is 1. The van der Waals surface area contributed by atoms with E-state index in [1.54, 1.807) is 0 Å². The fourth-order valence-corrected chi connectivity index (χ4v) is 10.9. The molecule has 0 radical (unpaired) electrons. The van der Waals surface area contributed by atoms with Crippen molar-refractivity contribution in [3.8, 4) is 0 Å². The molecule has 0 aliphatic heterocycles. The number of phosphoric ester groups is 2. The van der Waals surface area contributed by atoms with Gasteiger partial charge in [-0.3, -0.25) is 37.3 Å². The molecule has 82 heavy (non-hydrogen) atoms. The van der Waals surface area contributed by atoms with E-state index < -0.39 is 97.5 Å². The maximum absolute atomic E-state index is 13.0. The van der Waals surface area contributed by atoms with E-state index in [0.717, 1.165) is 109 Å². The van der Waals surface area contributed by atoms with Crippen LogP contribution >= 0.6 is 15.6 Å². The van der Waals surface area contributed by atoms with Crippen LogP contribution in [0.3, 0.4) is 0 Å². The second-order valence-electron chi connectivity index (χ2n) is 23.7. The third-order valence-electron chi connectivity index (χ3n) is 14.5. The molecule has 0 aliphatic carbocycles. The van der Waals surface area contributed by atoms with Crippen molar-refractivity contribution in [1.82, 2.24) is 0 Å². The predicted octanol–water partition coefficient (Wildman–Crippen LogP) is 17.3. The number of carbonyl (C=O) groups is 4. The molecule has 0 saturated carbocycles. The lowest BCUT2D eigenvalue weighted by Crippen LogP contribution is -2.30. The first kappa shape index (κ1) is 80.1. The quantitative estimate of drug-likeness (QED) is 0.0222. The Balaban J connectivity index is 5.20. The summed E-state index contributed by atoms with van der Waals surface area (Å²) >= 11 is 0. The summed E-state index contributed by atoms with van der Waals surface area (Å²) in [6, 6.07) is 0. The van der Waals surface area contributed by atoms with Crippen molar-refractivity contribution in [2.75, 3.05) is 39.6 Å². The Kier molecular flexibility index (Phi) is 54.3. The molecule has 0 fully saturated rings. The number of hydrogen-bond acceptors (Lipinski definition) is 15. The van der Waals surface area contributed by atoms with Crippen LogP contribution in [0.5, 0.6) is 0 Å². The summed E-state index contributed by atoms with van der Waals surface area (Å²) in [6.45, 7) is 9.32. The highest BCUT2D eigenvalue weighted by Gasteiger charge is 2.30. The third kappa shape index (κ3) is 57.2. The van der Waals surface area contributed by atoms with E-state index in [1.165, 1.54) is 116 Å². The van der Waals surface area contributed by atoms with E-state index in [2.05, 4.69) is 41.5 Å². The molecule has 3 N–H and O–H groups in total. The van der Waals surface area contributed by atoms with Gasteiger partial charge in [0.1, 0.15) is 19.3 Å². The van der Waals surface area contributed by atoms with Gasteiger partial charge >= 0.3 is 39.5 Å².